The van der Waals surface area contributed by atoms with Gasteiger partial charge < -0.3 is 24.5 Å². The molecule has 0 spiro atoms. The number of aliphatic carboxylic acids is 2. The quantitative estimate of drug-likeness (QED) is 0.537. The number of carbonyl (C=O) groups excluding carboxylic acids is 1. The molecular weight excluding hydrogens is 530 g/mol. The molecule has 0 aliphatic carbocycles. The van der Waals surface area contributed by atoms with Crippen molar-refractivity contribution in [2.75, 3.05) is 39.8 Å². The van der Waals surface area contributed by atoms with Gasteiger partial charge in [-0.05, 0) is 58.7 Å². The molecule has 0 unspecified atom stereocenters. The summed E-state index contributed by atoms with van der Waals surface area (Å²) in [5.74, 6) is -4.21. The molecule has 0 saturated carbocycles. The van der Waals surface area contributed by atoms with Crippen LogP contribution < -0.4 is 0 Å². The van der Waals surface area contributed by atoms with E-state index in [2.05, 4.69) is 22.0 Å². The number of hydrogen-bond donors (Lipinski definition) is 2. The Morgan fingerprint density at radius 1 is 1.03 bits per heavy atom. The van der Waals surface area contributed by atoms with Gasteiger partial charge in [-0.15, -0.1) is 0 Å². The van der Waals surface area contributed by atoms with Crippen LogP contribution >= 0.6 is 0 Å². The molecule has 216 valence electrons. The molecule has 4 heterocycles. The number of carboxylic acids is 2. The van der Waals surface area contributed by atoms with Crippen molar-refractivity contribution < 1.29 is 55.5 Å². The summed E-state index contributed by atoms with van der Waals surface area (Å²) in [4.78, 5) is 37.7. The van der Waals surface area contributed by atoms with Gasteiger partial charge in [-0.3, -0.25) is 9.69 Å². The summed E-state index contributed by atoms with van der Waals surface area (Å²) in [5.41, 5.74) is 0.619. The third-order valence-corrected chi connectivity index (χ3v) is 6.79. The van der Waals surface area contributed by atoms with Crippen LogP contribution in [0.4, 0.5) is 26.3 Å². The first-order chi connectivity index (χ1) is 17.5. The van der Waals surface area contributed by atoms with E-state index in [9.17, 15) is 31.1 Å². The number of hydrogen-bond acceptors (Lipinski definition) is 7. The van der Waals surface area contributed by atoms with E-state index in [1.165, 1.54) is 38.9 Å². The molecule has 0 bridgehead atoms. The maximum atomic E-state index is 12.7. The van der Waals surface area contributed by atoms with E-state index < -0.39 is 24.3 Å². The van der Waals surface area contributed by atoms with Crippen molar-refractivity contribution in [3.05, 3.63) is 17.5 Å². The maximum Gasteiger partial charge on any atom is 0.490 e. The van der Waals surface area contributed by atoms with Gasteiger partial charge in [-0.25, -0.2) is 9.59 Å². The minimum atomic E-state index is -5.08. The SMILES string of the molecule is Cc1oncc1C(=O)N1CC[C@H]2[C@H](C[C@@H](CN3CCCC3)N2C)C1.O=C(O)C(F)(F)F.O=C(O)C(F)(F)F. The van der Waals surface area contributed by atoms with E-state index in [0.29, 0.717) is 29.3 Å². The van der Waals surface area contributed by atoms with Gasteiger partial charge in [0.25, 0.3) is 5.91 Å². The summed E-state index contributed by atoms with van der Waals surface area (Å²) in [7, 11) is 2.28. The van der Waals surface area contributed by atoms with Gasteiger partial charge in [0.05, 0.1) is 6.20 Å². The van der Waals surface area contributed by atoms with Crippen molar-refractivity contribution in [1.82, 2.24) is 19.9 Å². The van der Waals surface area contributed by atoms with Crippen LogP contribution in [0.2, 0.25) is 0 Å². The fraction of sp³-hybridized carbons (Fsp3) is 0.727. The number of piperidine rings is 1. The Kier molecular flexibility index (Phi) is 10.5. The number of rotatable bonds is 3. The lowest BCUT2D eigenvalue weighted by Crippen LogP contribution is -2.48. The standard InChI is InChI=1S/C18H28N4O2.2C2HF3O2/c1-13-16(10-19-24-13)18(23)22-8-5-17-14(11-22)9-15(20(17)2)12-21-6-3-4-7-21;2*3-2(4,5)1(6)7/h10,14-15,17H,3-9,11-12H2,1-2H3;2*(H,6,7)/t14-,15+,17+;;/m1../s1. The molecule has 1 aromatic rings. The lowest BCUT2D eigenvalue weighted by atomic mass is 9.91. The number of aryl methyl sites for hydroxylation is 1. The van der Waals surface area contributed by atoms with Crippen molar-refractivity contribution >= 4 is 17.8 Å². The van der Waals surface area contributed by atoms with E-state index in [4.69, 9.17) is 24.3 Å². The fourth-order valence-electron chi connectivity index (χ4n) is 4.90. The monoisotopic (exact) mass is 560 g/mol. The van der Waals surface area contributed by atoms with Gasteiger partial charge >= 0.3 is 24.3 Å². The molecule has 4 rings (SSSR count). The van der Waals surface area contributed by atoms with Crippen LogP contribution in [0.5, 0.6) is 0 Å². The number of fused-ring (bicyclic) bond motifs is 1. The maximum absolute atomic E-state index is 12.7. The first-order valence-corrected chi connectivity index (χ1v) is 11.8. The van der Waals surface area contributed by atoms with Crippen LogP contribution in [0.3, 0.4) is 0 Å². The summed E-state index contributed by atoms with van der Waals surface area (Å²) in [6, 6.07) is 1.27. The summed E-state index contributed by atoms with van der Waals surface area (Å²) in [6.45, 7) is 7.24. The number of likely N-dealkylation sites (tertiary alicyclic amines) is 3. The van der Waals surface area contributed by atoms with Crippen LogP contribution in [0.1, 0.15) is 41.8 Å². The topological polar surface area (TPSA) is 127 Å². The van der Waals surface area contributed by atoms with Crippen LogP contribution in [-0.2, 0) is 9.59 Å². The smallest absolute Gasteiger partial charge is 0.475 e. The molecule has 3 fully saturated rings. The lowest BCUT2D eigenvalue weighted by molar-refractivity contribution is -0.193. The molecule has 3 aliphatic heterocycles. The van der Waals surface area contributed by atoms with Crippen molar-refractivity contribution in [3.63, 3.8) is 0 Å². The average Bonchev–Trinajstić information content (AvgIpc) is 3.54. The van der Waals surface area contributed by atoms with Crippen LogP contribution in [0.25, 0.3) is 0 Å². The highest BCUT2D eigenvalue weighted by molar-refractivity contribution is 5.94. The number of carboxylic acid groups (broad SMARTS) is 2. The molecule has 10 nitrogen and oxygen atoms in total. The van der Waals surface area contributed by atoms with Crippen molar-refractivity contribution in [2.24, 2.45) is 5.92 Å². The highest BCUT2D eigenvalue weighted by Crippen LogP contribution is 2.35. The second-order valence-corrected chi connectivity index (χ2v) is 9.33. The van der Waals surface area contributed by atoms with E-state index in [0.717, 1.165) is 19.5 Å². The second kappa shape index (κ2) is 12.8. The zero-order valence-corrected chi connectivity index (χ0v) is 20.8. The highest BCUT2D eigenvalue weighted by Gasteiger charge is 2.44. The number of carbonyl (C=O) groups is 3. The minimum absolute atomic E-state index is 0.0813. The Hall–Kier alpha value is -2.88. The van der Waals surface area contributed by atoms with Gasteiger partial charge in [0.2, 0.25) is 0 Å². The van der Waals surface area contributed by atoms with E-state index in [-0.39, 0.29) is 5.91 Å². The minimum Gasteiger partial charge on any atom is -0.475 e. The second-order valence-electron chi connectivity index (χ2n) is 9.33. The summed E-state index contributed by atoms with van der Waals surface area (Å²) < 4.78 is 68.5. The van der Waals surface area contributed by atoms with Gasteiger partial charge in [-0.2, -0.15) is 26.3 Å². The Bertz CT molecular complexity index is 939. The van der Waals surface area contributed by atoms with Crippen LogP contribution in [0.15, 0.2) is 10.7 Å². The zero-order chi connectivity index (χ0) is 28.8. The molecule has 3 saturated heterocycles. The number of alkyl halides is 6. The lowest BCUT2D eigenvalue weighted by Gasteiger charge is -2.37. The Labute approximate surface area is 214 Å². The molecular formula is C22H30F6N4O6. The van der Waals surface area contributed by atoms with Gasteiger partial charge in [0.15, 0.2) is 0 Å². The summed E-state index contributed by atoms with van der Waals surface area (Å²) in [6.07, 6.45) is -3.62. The molecule has 2 N–H and O–H groups in total. The van der Waals surface area contributed by atoms with E-state index in [1.54, 1.807) is 6.20 Å². The molecule has 0 aromatic carbocycles. The van der Waals surface area contributed by atoms with Crippen LogP contribution in [0, 0.1) is 12.8 Å². The molecule has 3 atom stereocenters. The van der Waals surface area contributed by atoms with Gasteiger partial charge in [0.1, 0.15) is 11.3 Å². The molecule has 3 aliphatic rings. The average molecular weight is 560 g/mol. The number of nitrogens with zero attached hydrogens (tertiary/aromatic N) is 4. The van der Waals surface area contributed by atoms with E-state index >= 15 is 0 Å². The molecule has 16 heteroatoms. The molecule has 1 aromatic heterocycles. The third-order valence-electron chi connectivity index (χ3n) is 6.79. The largest absolute Gasteiger partial charge is 0.490 e. The Morgan fingerprint density at radius 2 is 1.55 bits per heavy atom. The predicted molar refractivity (Wildman–Crippen MR) is 118 cm³/mol. The molecule has 1 amide bonds. The van der Waals surface area contributed by atoms with Crippen LogP contribution in [-0.4, -0.2) is 112 Å². The number of aromatic nitrogens is 1. The Morgan fingerprint density at radius 3 is 2.00 bits per heavy atom. The number of halogens is 6. The Balaban J connectivity index is 0.000000301. The highest BCUT2D eigenvalue weighted by atomic mass is 19.4. The van der Waals surface area contributed by atoms with E-state index in [1.807, 2.05) is 11.8 Å². The predicted octanol–water partition coefficient (Wildman–Crippen LogP) is 2.88. The van der Waals surface area contributed by atoms with Crippen molar-refractivity contribution in [2.45, 2.75) is 57.0 Å². The number of amides is 1. The van der Waals surface area contributed by atoms with Crippen molar-refractivity contribution in [3.8, 4) is 0 Å². The fourth-order valence-corrected chi connectivity index (χ4v) is 4.90. The van der Waals surface area contributed by atoms with Crippen molar-refractivity contribution in [1.29, 1.82) is 0 Å². The summed E-state index contributed by atoms with van der Waals surface area (Å²) in [5, 5.41) is 18.0. The normalized spacial score (nSPS) is 24.1. The number of likely N-dealkylation sites (N-methyl/N-ethyl adjacent to an activating group) is 1. The van der Waals surface area contributed by atoms with Gasteiger partial charge in [0, 0.05) is 31.7 Å². The molecule has 0 radical (unpaired) electrons. The third kappa shape index (κ3) is 8.58. The summed E-state index contributed by atoms with van der Waals surface area (Å²) >= 11 is 0. The first kappa shape index (κ1) is 31.3. The first-order valence-electron chi connectivity index (χ1n) is 11.8. The zero-order valence-electron chi connectivity index (χ0n) is 20.8. The molecule has 38 heavy (non-hydrogen) atoms. The van der Waals surface area contributed by atoms with Gasteiger partial charge in [-0.1, -0.05) is 5.16 Å².